The number of rotatable bonds is 7. The molecule has 0 radical (unpaired) electrons. The van der Waals surface area contributed by atoms with Crippen molar-refractivity contribution in [1.82, 2.24) is 10.6 Å². The van der Waals surface area contributed by atoms with Gasteiger partial charge in [0.2, 0.25) is 5.91 Å². The summed E-state index contributed by atoms with van der Waals surface area (Å²) >= 11 is 0. The maximum atomic E-state index is 11.9. The van der Waals surface area contributed by atoms with Crippen molar-refractivity contribution in [3.63, 3.8) is 0 Å². The zero-order chi connectivity index (χ0) is 15.7. The summed E-state index contributed by atoms with van der Waals surface area (Å²) in [6.45, 7) is 6.73. The lowest BCUT2D eigenvalue weighted by molar-refractivity contribution is -0.141. The molecule has 0 fully saturated rings. The molecule has 7 nitrogen and oxygen atoms in total. The van der Waals surface area contributed by atoms with E-state index in [-0.39, 0.29) is 12.5 Å². The minimum Gasteiger partial charge on any atom is -0.480 e. The highest BCUT2D eigenvalue weighted by atomic mass is 16.5. The molecule has 3 N–H and O–H groups in total. The number of allylic oxidation sites excluding steroid dienone is 1. The maximum absolute atomic E-state index is 11.9. The van der Waals surface area contributed by atoms with Crippen LogP contribution in [0, 0.1) is 5.92 Å². The number of amides is 2. The average Bonchev–Trinajstić information content (AvgIpc) is 2.35. The van der Waals surface area contributed by atoms with E-state index in [0.29, 0.717) is 0 Å². The van der Waals surface area contributed by atoms with E-state index in [9.17, 15) is 14.4 Å². The Labute approximate surface area is 118 Å². The van der Waals surface area contributed by atoms with Crippen LogP contribution in [0.3, 0.4) is 0 Å². The largest absolute Gasteiger partial charge is 0.480 e. The minimum atomic E-state index is -1.14. The highest BCUT2D eigenvalue weighted by Crippen LogP contribution is 2.03. The molecule has 20 heavy (non-hydrogen) atoms. The second kappa shape index (κ2) is 8.95. The van der Waals surface area contributed by atoms with Gasteiger partial charge in [0.25, 0.3) is 0 Å². The van der Waals surface area contributed by atoms with Crippen LogP contribution in [0.2, 0.25) is 0 Å². The van der Waals surface area contributed by atoms with E-state index in [0.717, 1.165) is 0 Å². The SMILES string of the molecule is C/C=C/COC(=O)N[C@H](C(=O)N[C@@H](C)C(=O)O)C(C)C. The second-order valence-electron chi connectivity index (χ2n) is 4.60. The molecule has 0 rings (SSSR count). The molecule has 0 spiro atoms. The fourth-order valence-corrected chi connectivity index (χ4v) is 1.29. The summed E-state index contributed by atoms with van der Waals surface area (Å²) in [5.74, 6) is -1.90. The number of alkyl carbamates (subject to hydrolysis) is 1. The smallest absolute Gasteiger partial charge is 0.408 e. The molecule has 114 valence electrons. The van der Waals surface area contributed by atoms with Gasteiger partial charge in [-0.25, -0.2) is 4.79 Å². The predicted octanol–water partition coefficient (Wildman–Crippen LogP) is 0.903. The summed E-state index contributed by atoms with van der Waals surface area (Å²) in [5, 5.41) is 13.5. The van der Waals surface area contributed by atoms with E-state index in [1.807, 2.05) is 0 Å². The van der Waals surface area contributed by atoms with Crippen LogP contribution >= 0.6 is 0 Å². The molecular weight excluding hydrogens is 264 g/mol. The Morgan fingerprint density at radius 3 is 2.25 bits per heavy atom. The Hall–Kier alpha value is -2.05. The number of carbonyl (C=O) groups is 3. The number of hydrogen-bond acceptors (Lipinski definition) is 4. The highest BCUT2D eigenvalue weighted by molar-refractivity contribution is 5.89. The molecule has 0 aliphatic carbocycles. The van der Waals surface area contributed by atoms with Crippen molar-refractivity contribution in [2.24, 2.45) is 5.92 Å². The number of carboxylic acid groups (broad SMARTS) is 1. The lowest BCUT2D eigenvalue weighted by atomic mass is 10.0. The van der Waals surface area contributed by atoms with Crippen molar-refractivity contribution in [2.75, 3.05) is 6.61 Å². The summed E-state index contributed by atoms with van der Waals surface area (Å²) in [4.78, 5) is 34.1. The first kappa shape index (κ1) is 17.9. The van der Waals surface area contributed by atoms with E-state index in [2.05, 4.69) is 10.6 Å². The van der Waals surface area contributed by atoms with Gasteiger partial charge in [-0.15, -0.1) is 0 Å². The number of ether oxygens (including phenoxy) is 1. The van der Waals surface area contributed by atoms with Crippen LogP contribution in [-0.4, -0.2) is 41.8 Å². The molecule has 0 aromatic rings. The number of hydrogen-bond donors (Lipinski definition) is 3. The Bertz CT molecular complexity index is 379. The van der Waals surface area contributed by atoms with Crippen molar-refractivity contribution in [2.45, 2.75) is 39.8 Å². The van der Waals surface area contributed by atoms with Crippen LogP contribution in [0.1, 0.15) is 27.7 Å². The zero-order valence-corrected chi connectivity index (χ0v) is 12.2. The minimum absolute atomic E-state index is 0.111. The van der Waals surface area contributed by atoms with Gasteiger partial charge in [0.15, 0.2) is 0 Å². The van der Waals surface area contributed by atoms with Crippen molar-refractivity contribution < 1.29 is 24.2 Å². The first-order chi connectivity index (χ1) is 9.29. The molecular formula is C13H22N2O5. The molecule has 7 heteroatoms. The summed E-state index contributed by atoms with van der Waals surface area (Å²) in [7, 11) is 0. The Morgan fingerprint density at radius 2 is 1.80 bits per heavy atom. The predicted molar refractivity (Wildman–Crippen MR) is 73.2 cm³/mol. The van der Waals surface area contributed by atoms with Crippen molar-refractivity contribution in [1.29, 1.82) is 0 Å². The van der Waals surface area contributed by atoms with Gasteiger partial charge in [-0.3, -0.25) is 9.59 Å². The average molecular weight is 286 g/mol. The topological polar surface area (TPSA) is 105 Å². The summed E-state index contributed by atoms with van der Waals surface area (Å²) in [5.41, 5.74) is 0. The fraction of sp³-hybridized carbons (Fsp3) is 0.615. The molecule has 0 bridgehead atoms. The van der Waals surface area contributed by atoms with Crippen LogP contribution < -0.4 is 10.6 Å². The van der Waals surface area contributed by atoms with Crippen molar-refractivity contribution >= 4 is 18.0 Å². The van der Waals surface area contributed by atoms with Crippen LogP contribution in [0.4, 0.5) is 4.79 Å². The molecule has 0 saturated heterocycles. The molecule has 0 aliphatic rings. The normalized spacial score (nSPS) is 13.8. The second-order valence-corrected chi connectivity index (χ2v) is 4.60. The third kappa shape index (κ3) is 6.77. The number of nitrogens with one attached hydrogen (secondary N) is 2. The Balaban J connectivity index is 4.52. The van der Waals surface area contributed by atoms with E-state index >= 15 is 0 Å². The first-order valence-electron chi connectivity index (χ1n) is 6.37. The molecule has 2 atom stereocenters. The van der Waals surface area contributed by atoms with Crippen molar-refractivity contribution in [3.05, 3.63) is 12.2 Å². The molecule has 0 unspecified atom stereocenters. The summed E-state index contributed by atoms with van der Waals surface area (Å²) < 4.78 is 4.83. The van der Waals surface area contributed by atoms with Gasteiger partial charge in [-0.05, 0) is 19.8 Å². The van der Waals surface area contributed by atoms with Gasteiger partial charge in [-0.1, -0.05) is 26.0 Å². The fourth-order valence-electron chi connectivity index (χ4n) is 1.29. The highest BCUT2D eigenvalue weighted by Gasteiger charge is 2.27. The maximum Gasteiger partial charge on any atom is 0.408 e. The summed E-state index contributed by atoms with van der Waals surface area (Å²) in [6.07, 6.45) is 2.66. The van der Waals surface area contributed by atoms with Gasteiger partial charge in [-0.2, -0.15) is 0 Å². The molecule has 2 amide bonds. The lowest BCUT2D eigenvalue weighted by Crippen LogP contribution is -2.53. The molecule has 0 aliphatic heterocycles. The van der Waals surface area contributed by atoms with Gasteiger partial charge in [0.1, 0.15) is 18.7 Å². The van der Waals surface area contributed by atoms with E-state index in [1.54, 1.807) is 32.9 Å². The number of carboxylic acids is 1. The first-order valence-corrected chi connectivity index (χ1v) is 6.37. The Kier molecular flexibility index (Phi) is 8.03. The van der Waals surface area contributed by atoms with Crippen LogP contribution in [-0.2, 0) is 14.3 Å². The van der Waals surface area contributed by atoms with Gasteiger partial charge in [0, 0.05) is 0 Å². The van der Waals surface area contributed by atoms with E-state index in [1.165, 1.54) is 6.92 Å². The van der Waals surface area contributed by atoms with Crippen molar-refractivity contribution in [3.8, 4) is 0 Å². The van der Waals surface area contributed by atoms with E-state index in [4.69, 9.17) is 9.84 Å². The monoisotopic (exact) mass is 286 g/mol. The Morgan fingerprint density at radius 1 is 1.20 bits per heavy atom. The summed E-state index contributed by atoms with van der Waals surface area (Å²) in [6, 6.07) is -1.88. The van der Waals surface area contributed by atoms with Crippen LogP contribution in [0.15, 0.2) is 12.2 Å². The molecule has 0 aromatic heterocycles. The molecule has 0 heterocycles. The quantitative estimate of drug-likeness (QED) is 0.603. The third-order valence-corrected chi connectivity index (χ3v) is 2.50. The standard InChI is InChI=1S/C13H22N2O5/c1-5-6-7-20-13(19)15-10(8(2)3)11(16)14-9(4)12(17)18/h5-6,8-10H,7H2,1-4H3,(H,14,16)(H,15,19)(H,17,18)/b6-5+/t9-,10-/m0/s1. The zero-order valence-electron chi connectivity index (χ0n) is 12.2. The lowest BCUT2D eigenvalue weighted by Gasteiger charge is -2.22. The van der Waals surface area contributed by atoms with Gasteiger partial charge < -0.3 is 20.5 Å². The number of aliphatic carboxylic acids is 1. The molecule has 0 saturated carbocycles. The van der Waals surface area contributed by atoms with Gasteiger partial charge >= 0.3 is 12.1 Å². The van der Waals surface area contributed by atoms with Gasteiger partial charge in [0.05, 0.1) is 0 Å². The van der Waals surface area contributed by atoms with Crippen LogP contribution in [0.5, 0.6) is 0 Å². The number of carbonyl (C=O) groups excluding carboxylic acids is 2. The third-order valence-electron chi connectivity index (χ3n) is 2.50. The molecule has 0 aromatic carbocycles. The van der Waals surface area contributed by atoms with E-state index < -0.39 is 30.1 Å². The van der Waals surface area contributed by atoms with Crippen LogP contribution in [0.25, 0.3) is 0 Å².